The van der Waals surface area contributed by atoms with Crippen LogP contribution in [-0.4, -0.2) is 42.4 Å². The highest BCUT2D eigenvalue weighted by Gasteiger charge is 2.06. The van der Waals surface area contributed by atoms with Crippen molar-refractivity contribution in [3.63, 3.8) is 0 Å². The fraction of sp³-hybridized carbons (Fsp3) is 0.636. The Morgan fingerprint density at radius 1 is 1.50 bits per heavy atom. The number of rotatable bonds is 6. The fourth-order valence-electron chi connectivity index (χ4n) is 1.36. The highest BCUT2D eigenvalue weighted by atomic mass is 16.5. The van der Waals surface area contributed by atoms with Crippen LogP contribution in [0.1, 0.15) is 17.7 Å². The summed E-state index contributed by atoms with van der Waals surface area (Å²) in [5, 5.41) is 9.01. The van der Waals surface area contributed by atoms with Crippen LogP contribution in [0.25, 0.3) is 0 Å². The second-order valence-electron chi connectivity index (χ2n) is 3.71. The first-order valence-corrected chi connectivity index (χ1v) is 5.32. The smallest absolute Gasteiger partial charge is 0.225 e. The van der Waals surface area contributed by atoms with Crippen molar-refractivity contribution >= 4 is 5.95 Å². The molecule has 1 heterocycles. The van der Waals surface area contributed by atoms with Gasteiger partial charge in [-0.15, -0.1) is 0 Å². The Balaban J connectivity index is 2.62. The van der Waals surface area contributed by atoms with Crippen LogP contribution < -0.4 is 4.90 Å². The molecule has 0 saturated carbocycles. The summed E-state index contributed by atoms with van der Waals surface area (Å²) in [4.78, 5) is 10.5. The van der Waals surface area contributed by atoms with Gasteiger partial charge in [-0.3, -0.25) is 0 Å². The summed E-state index contributed by atoms with van der Waals surface area (Å²) in [6.07, 6.45) is 2.61. The minimum absolute atomic E-state index is 0.0144. The van der Waals surface area contributed by atoms with Crippen LogP contribution in [0.4, 0.5) is 5.95 Å². The van der Waals surface area contributed by atoms with E-state index in [2.05, 4.69) is 9.97 Å². The van der Waals surface area contributed by atoms with Crippen LogP contribution >= 0.6 is 0 Å². The standard InChI is InChI=1S/C11H19N3O2/c1-9-10(8-15)7-12-11(13-9)14(2)5-4-6-16-3/h7,15H,4-6,8H2,1-3H3. The number of anilines is 1. The van der Waals surface area contributed by atoms with Crippen LogP contribution in [0.2, 0.25) is 0 Å². The number of aryl methyl sites for hydroxylation is 1. The van der Waals surface area contributed by atoms with Gasteiger partial charge < -0.3 is 14.7 Å². The van der Waals surface area contributed by atoms with Gasteiger partial charge in [0.25, 0.3) is 0 Å². The summed E-state index contributed by atoms with van der Waals surface area (Å²) in [5.74, 6) is 0.686. The molecule has 5 heteroatoms. The Morgan fingerprint density at radius 3 is 2.81 bits per heavy atom. The molecule has 0 amide bonds. The third-order valence-corrected chi connectivity index (χ3v) is 2.42. The molecule has 0 radical (unpaired) electrons. The molecular formula is C11H19N3O2. The zero-order valence-electron chi connectivity index (χ0n) is 10.1. The molecule has 0 aliphatic carbocycles. The molecule has 0 saturated heterocycles. The van der Waals surface area contributed by atoms with Crippen molar-refractivity contribution in [2.75, 3.05) is 32.2 Å². The van der Waals surface area contributed by atoms with Gasteiger partial charge in [0.15, 0.2) is 0 Å². The van der Waals surface area contributed by atoms with E-state index in [0.717, 1.165) is 30.8 Å². The minimum atomic E-state index is -0.0144. The number of aliphatic hydroxyl groups is 1. The molecule has 0 aliphatic rings. The Hall–Kier alpha value is -1.20. The lowest BCUT2D eigenvalue weighted by molar-refractivity contribution is 0.196. The van der Waals surface area contributed by atoms with E-state index in [0.29, 0.717) is 5.95 Å². The summed E-state index contributed by atoms with van der Waals surface area (Å²) >= 11 is 0. The Bertz CT molecular complexity index is 331. The van der Waals surface area contributed by atoms with E-state index in [1.807, 2.05) is 18.9 Å². The molecule has 1 rings (SSSR count). The lowest BCUT2D eigenvalue weighted by Crippen LogP contribution is -2.22. The highest BCUT2D eigenvalue weighted by molar-refractivity contribution is 5.31. The maximum atomic E-state index is 9.01. The molecule has 1 N–H and O–H groups in total. The van der Waals surface area contributed by atoms with E-state index in [4.69, 9.17) is 9.84 Å². The Labute approximate surface area is 96.1 Å². The molecule has 1 aromatic heterocycles. The van der Waals surface area contributed by atoms with Gasteiger partial charge in [0.2, 0.25) is 5.95 Å². The second-order valence-corrected chi connectivity index (χ2v) is 3.71. The van der Waals surface area contributed by atoms with Crippen LogP contribution in [-0.2, 0) is 11.3 Å². The summed E-state index contributed by atoms with van der Waals surface area (Å²) in [5.41, 5.74) is 1.60. The maximum absolute atomic E-state index is 9.01. The minimum Gasteiger partial charge on any atom is -0.392 e. The SMILES string of the molecule is COCCCN(C)c1ncc(CO)c(C)n1. The first-order chi connectivity index (χ1) is 7.69. The van der Waals surface area contributed by atoms with Crippen molar-refractivity contribution in [1.29, 1.82) is 0 Å². The molecular weight excluding hydrogens is 206 g/mol. The van der Waals surface area contributed by atoms with Gasteiger partial charge in [0.1, 0.15) is 0 Å². The summed E-state index contributed by atoms with van der Waals surface area (Å²) < 4.78 is 4.99. The normalized spacial score (nSPS) is 10.5. The molecule has 0 bridgehead atoms. The van der Waals surface area contributed by atoms with Crippen molar-refractivity contribution in [3.05, 3.63) is 17.5 Å². The van der Waals surface area contributed by atoms with Gasteiger partial charge in [-0.2, -0.15) is 0 Å². The molecule has 5 nitrogen and oxygen atoms in total. The van der Waals surface area contributed by atoms with E-state index >= 15 is 0 Å². The Morgan fingerprint density at radius 2 is 2.25 bits per heavy atom. The predicted molar refractivity (Wildman–Crippen MR) is 62.5 cm³/mol. The second kappa shape index (κ2) is 6.40. The molecule has 0 aliphatic heterocycles. The van der Waals surface area contributed by atoms with Crippen LogP contribution in [0.5, 0.6) is 0 Å². The average molecular weight is 225 g/mol. The number of hydrogen-bond acceptors (Lipinski definition) is 5. The number of aliphatic hydroxyl groups excluding tert-OH is 1. The van der Waals surface area contributed by atoms with E-state index < -0.39 is 0 Å². The molecule has 16 heavy (non-hydrogen) atoms. The molecule has 0 atom stereocenters. The average Bonchev–Trinajstić information content (AvgIpc) is 2.29. The summed E-state index contributed by atoms with van der Waals surface area (Å²) in [6, 6.07) is 0. The first kappa shape index (κ1) is 12.9. The molecule has 0 aromatic carbocycles. The van der Waals surface area contributed by atoms with E-state index in [-0.39, 0.29) is 6.61 Å². The lowest BCUT2D eigenvalue weighted by Gasteiger charge is -2.17. The largest absolute Gasteiger partial charge is 0.392 e. The van der Waals surface area contributed by atoms with Crippen molar-refractivity contribution in [2.45, 2.75) is 20.0 Å². The highest BCUT2D eigenvalue weighted by Crippen LogP contribution is 2.10. The third-order valence-electron chi connectivity index (χ3n) is 2.42. The van der Waals surface area contributed by atoms with Gasteiger partial charge in [0.05, 0.1) is 6.61 Å². The molecule has 1 aromatic rings. The van der Waals surface area contributed by atoms with Crippen molar-refractivity contribution in [3.8, 4) is 0 Å². The molecule has 0 fully saturated rings. The van der Waals surface area contributed by atoms with E-state index in [1.165, 1.54) is 0 Å². The van der Waals surface area contributed by atoms with Gasteiger partial charge >= 0.3 is 0 Å². The number of ether oxygens (including phenoxy) is 1. The van der Waals surface area contributed by atoms with Gasteiger partial charge in [-0.25, -0.2) is 9.97 Å². The summed E-state index contributed by atoms with van der Waals surface area (Å²) in [6.45, 7) is 3.45. The van der Waals surface area contributed by atoms with Crippen molar-refractivity contribution in [2.24, 2.45) is 0 Å². The van der Waals surface area contributed by atoms with Gasteiger partial charge in [-0.05, 0) is 13.3 Å². The predicted octanol–water partition coefficient (Wildman–Crippen LogP) is 0.750. The molecule has 0 spiro atoms. The topological polar surface area (TPSA) is 58.5 Å². The van der Waals surface area contributed by atoms with Crippen LogP contribution in [0.3, 0.4) is 0 Å². The molecule has 90 valence electrons. The number of methoxy groups -OCH3 is 1. The summed E-state index contributed by atoms with van der Waals surface area (Å²) in [7, 11) is 3.64. The van der Waals surface area contributed by atoms with Gasteiger partial charge in [0, 0.05) is 44.8 Å². The first-order valence-electron chi connectivity index (χ1n) is 5.32. The lowest BCUT2D eigenvalue weighted by atomic mass is 10.2. The van der Waals surface area contributed by atoms with Crippen LogP contribution in [0.15, 0.2) is 6.20 Å². The Kier molecular flexibility index (Phi) is 5.14. The number of aromatic nitrogens is 2. The number of nitrogens with zero attached hydrogens (tertiary/aromatic N) is 3. The quantitative estimate of drug-likeness (QED) is 0.724. The van der Waals surface area contributed by atoms with Gasteiger partial charge in [-0.1, -0.05) is 0 Å². The zero-order valence-corrected chi connectivity index (χ0v) is 10.1. The monoisotopic (exact) mass is 225 g/mol. The fourth-order valence-corrected chi connectivity index (χ4v) is 1.36. The third kappa shape index (κ3) is 3.43. The van der Waals surface area contributed by atoms with E-state index in [9.17, 15) is 0 Å². The maximum Gasteiger partial charge on any atom is 0.225 e. The zero-order chi connectivity index (χ0) is 12.0. The number of hydrogen-bond donors (Lipinski definition) is 1. The molecule has 0 unspecified atom stereocenters. The van der Waals surface area contributed by atoms with E-state index in [1.54, 1.807) is 13.3 Å². The van der Waals surface area contributed by atoms with Crippen molar-refractivity contribution in [1.82, 2.24) is 9.97 Å². The van der Waals surface area contributed by atoms with Crippen molar-refractivity contribution < 1.29 is 9.84 Å². The van der Waals surface area contributed by atoms with Crippen LogP contribution in [0, 0.1) is 6.92 Å².